The zero-order chi connectivity index (χ0) is 24.3. The molecule has 0 radical (unpaired) electrons. The van der Waals surface area contributed by atoms with E-state index >= 15 is 0 Å². The smallest absolute Gasteiger partial charge is 0.196 e. The Labute approximate surface area is 189 Å². The van der Waals surface area contributed by atoms with Gasteiger partial charge in [-0.25, -0.2) is 0 Å². The first-order chi connectivity index (χ1) is 14.1. The third kappa shape index (κ3) is 12.3. The van der Waals surface area contributed by atoms with E-state index in [0.29, 0.717) is 0 Å². The van der Waals surface area contributed by atoms with Crippen LogP contribution in [-0.2, 0) is 0 Å². The zero-order valence-corrected chi connectivity index (χ0v) is 18.9. The van der Waals surface area contributed by atoms with E-state index in [1.54, 1.807) is 0 Å². The van der Waals surface area contributed by atoms with Crippen molar-refractivity contribution < 1.29 is 43.9 Å². The molecule has 0 aromatic carbocycles. The van der Waals surface area contributed by atoms with Gasteiger partial charge in [0.1, 0.15) is 0 Å². The maximum atomic E-state index is 13.3. The highest BCUT2D eigenvalue weighted by Crippen LogP contribution is 2.43. The number of rotatable bonds is 16. The minimum absolute atomic E-state index is 0.0261. The van der Waals surface area contributed by atoms with E-state index in [0.717, 1.165) is 11.8 Å². The van der Waals surface area contributed by atoms with Gasteiger partial charge in [0.15, 0.2) is 0 Å². The van der Waals surface area contributed by atoms with Gasteiger partial charge in [0, 0.05) is 24.6 Å². The highest BCUT2D eigenvalue weighted by Gasteiger charge is 2.58. The molecule has 2 unspecified atom stereocenters. The fourth-order valence-corrected chi connectivity index (χ4v) is 4.50. The summed E-state index contributed by atoms with van der Waals surface area (Å²) < 4.78 is 128. The van der Waals surface area contributed by atoms with Crippen LogP contribution in [0.4, 0.5) is 43.9 Å². The van der Waals surface area contributed by atoms with Crippen molar-refractivity contribution in [2.45, 2.75) is 75.6 Å². The van der Waals surface area contributed by atoms with Gasteiger partial charge < -0.3 is 0 Å². The molecule has 31 heavy (non-hydrogen) atoms. The van der Waals surface area contributed by atoms with Crippen molar-refractivity contribution >= 4 is 35.0 Å². The molecule has 0 aliphatic heterocycles. The van der Waals surface area contributed by atoms with Crippen LogP contribution in [0.15, 0.2) is 0 Å². The van der Waals surface area contributed by atoms with Gasteiger partial charge >= 0.3 is 24.2 Å². The van der Waals surface area contributed by atoms with Crippen LogP contribution in [0.3, 0.4) is 0 Å². The molecule has 0 nitrogen and oxygen atoms in total. The molecule has 0 saturated heterocycles. The van der Waals surface area contributed by atoms with E-state index in [1.165, 1.54) is 0 Å². The normalized spacial score (nSPS) is 15.9. The van der Waals surface area contributed by atoms with E-state index in [2.05, 4.69) is 0 Å². The minimum Gasteiger partial charge on any atom is -0.196 e. The number of halogens is 12. The van der Waals surface area contributed by atoms with Crippen LogP contribution in [0, 0.1) is 11.8 Å². The Morgan fingerprint density at radius 3 is 1.13 bits per heavy atom. The molecule has 0 bridgehead atoms. The van der Waals surface area contributed by atoms with Crippen molar-refractivity contribution in [3.8, 4) is 0 Å². The molecule has 0 aromatic rings. The molecule has 0 fully saturated rings. The first-order valence-corrected chi connectivity index (χ1v) is 11.9. The van der Waals surface area contributed by atoms with Crippen LogP contribution in [0.5, 0.6) is 0 Å². The van der Waals surface area contributed by atoms with Crippen molar-refractivity contribution in [2.24, 2.45) is 11.8 Å². The molecule has 0 rings (SSSR count). The maximum Gasteiger partial charge on any atom is 0.453 e. The van der Waals surface area contributed by atoms with Crippen LogP contribution in [-0.4, -0.2) is 47.5 Å². The summed E-state index contributed by atoms with van der Waals surface area (Å²) >= 11 is 12.1. The molecular formula is C18H26Cl2F10S. The van der Waals surface area contributed by atoms with Gasteiger partial charge in [-0.2, -0.15) is 55.7 Å². The van der Waals surface area contributed by atoms with Crippen molar-refractivity contribution in [3.63, 3.8) is 0 Å². The Balaban J connectivity index is 4.66. The second-order valence-corrected chi connectivity index (χ2v) is 9.38. The van der Waals surface area contributed by atoms with Gasteiger partial charge in [-0.05, 0) is 61.9 Å². The Morgan fingerprint density at radius 2 is 0.871 bits per heavy atom. The topological polar surface area (TPSA) is 0 Å². The minimum atomic E-state index is -5.65. The molecule has 0 aliphatic rings. The molecule has 0 N–H and O–H groups in total. The summed E-state index contributed by atoms with van der Waals surface area (Å²) in [6.45, 7) is 0. The predicted molar refractivity (Wildman–Crippen MR) is 105 cm³/mol. The number of alkyl halides is 12. The second kappa shape index (κ2) is 13.8. The van der Waals surface area contributed by atoms with Crippen LogP contribution in [0.2, 0.25) is 0 Å². The number of hydrogen-bond acceptors (Lipinski definition) is 1. The molecule has 0 saturated carbocycles. The lowest BCUT2D eigenvalue weighted by Gasteiger charge is -2.26. The molecule has 0 aromatic heterocycles. The van der Waals surface area contributed by atoms with Crippen LogP contribution in [0.25, 0.3) is 0 Å². The fourth-order valence-electron chi connectivity index (χ4n) is 2.99. The summed E-state index contributed by atoms with van der Waals surface area (Å²) in [6.07, 6.45) is -13.3. The monoisotopic (exact) mass is 534 g/mol. The lowest BCUT2D eigenvalue weighted by atomic mass is 9.93. The Kier molecular flexibility index (Phi) is 13.9. The van der Waals surface area contributed by atoms with Gasteiger partial charge in [-0.1, -0.05) is 0 Å². The summed E-state index contributed by atoms with van der Waals surface area (Å²) in [5.41, 5.74) is 0. The van der Waals surface area contributed by atoms with Crippen LogP contribution >= 0.6 is 35.0 Å². The summed E-state index contributed by atoms with van der Waals surface area (Å²) in [5, 5.41) is 0. The van der Waals surface area contributed by atoms with Gasteiger partial charge in [0.2, 0.25) is 0 Å². The summed E-state index contributed by atoms with van der Waals surface area (Å²) in [7, 11) is 0. The molecule has 188 valence electrons. The van der Waals surface area contributed by atoms with Crippen LogP contribution in [0.1, 0.15) is 51.4 Å². The average Bonchev–Trinajstić information content (AvgIpc) is 2.61. The SMILES string of the molecule is FC(F)(F)C(F)(F)CC(CCCCl)CCSCCC(CCCCl)CC(F)(F)C(F)(F)F. The lowest BCUT2D eigenvalue weighted by Crippen LogP contribution is -2.38. The van der Waals surface area contributed by atoms with Gasteiger partial charge in [0.05, 0.1) is 0 Å². The van der Waals surface area contributed by atoms with Gasteiger partial charge in [-0.15, -0.1) is 23.2 Å². The average molecular weight is 535 g/mol. The van der Waals surface area contributed by atoms with E-state index in [1.807, 2.05) is 0 Å². The Morgan fingerprint density at radius 1 is 0.548 bits per heavy atom. The van der Waals surface area contributed by atoms with Crippen LogP contribution < -0.4 is 0 Å². The summed E-state index contributed by atoms with van der Waals surface area (Å²) in [5.74, 6) is -11.0. The quantitative estimate of drug-likeness (QED) is 0.108. The third-order valence-electron chi connectivity index (χ3n) is 4.75. The first-order valence-electron chi connectivity index (χ1n) is 9.66. The number of thioether (sulfide) groups is 1. The largest absolute Gasteiger partial charge is 0.453 e. The molecule has 13 heteroatoms. The summed E-state index contributed by atoms with van der Waals surface area (Å²) in [6, 6.07) is 0. The van der Waals surface area contributed by atoms with E-state index < -0.39 is 48.9 Å². The van der Waals surface area contributed by atoms with Crippen molar-refractivity contribution in [1.29, 1.82) is 0 Å². The summed E-state index contributed by atoms with van der Waals surface area (Å²) in [4.78, 5) is 0. The zero-order valence-electron chi connectivity index (χ0n) is 16.6. The predicted octanol–water partition coefficient (Wildman–Crippen LogP) is 8.95. The maximum absolute atomic E-state index is 13.3. The highest BCUT2D eigenvalue weighted by molar-refractivity contribution is 7.99. The number of hydrogen-bond donors (Lipinski definition) is 0. The first kappa shape index (κ1) is 31.2. The fraction of sp³-hybridized carbons (Fsp3) is 1.00. The molecule has 0 heterocycles. The third-order valence-corrected chi connectivity index (χ3v) is 6.34. The van der Waals surface area contributed by atoms with E-state index in [9.17, 15) is 43.9 Å². The van der Waals surface area contributed by atoms with Gasteiger partial charge in [0.25, 0.3) is 0 Å². The lowest BCUT2D eigenvalue weighted by molar-refractivity contribution is -0.288. The molecule has 0 aliphatic carbocycles. The van der Waals surface area contributed by atoms with Crippen molar-refractivity contribution in [2.75, 3.05) is 23.3 Å². The van der Waals surface area contributed by atoms with Crippen molar-refractivity contribution in [3.05, 3.63) is 0 Å². The van der Waals surface area contributed by atoms with Gasteiger partial charge in [-0.3, -0.25) is 0 Å². The van der Waals surface area contributed by atoms with Crippen molar-refractivity contribution in [1.82, 2.24) is 0 Å². The Hall–Kier alpha value is 0.230. The molecule has 0 amide bonds. The Bertz CT molecular complexity index is 441. The van der Waals surface area contributed by atoms with E-state index in [-0.39, 0.29) is 61.8 Å². The molecule has 2 atom stereocenters. The standard InChI is InChI=1S/C18H26Cl2F10S/c19-7-1-3-13(11-15(21,22)17(25,26)27)5-9-31-10-6-14(4-2-8-20)12-16(23,24)18(28,29)30/h13-14H,1-12H2. The van der Waals surface area contributed by atoms with E-state index in [4.69, 9.17) is 23.2 Å². The molecular weight excluding hydrogens is 509 g/mol. The second-order valence-electron chi connectivity index (χ2n) is 7.40. The highest BCUT2D eigenvalue weighted by atomic mass is 35.5. The molecule has 0 spiro atoms.